The third kappa shape index (κ3) is 5.78. The number of benzene rings is 2. The summed E-state index contributed by atoms with van der Waals surface area (Å²) in [4.78, 5) is 50.1. The number of aromatic nitrogens is 3. The summed E-state index contributed by atoms with van der Waals surface area (Å²) in [5.74, 6) is 0.0449. The average Bonchev–Trinajstić information content (AvgIpc) is 3.74. The highest BCUT2D eigenvalue weighted by molar-refractivity contribution is 6.02. The molecule has 12 heteroatoms. The minimum atomic E-state index is -0.605. The first-order chi connectivity index (χ1) is 23.4. The quantitative estimate of drug-likeness (QED) is 0.233. The van der Waals surface area contributed by atoms with Gasteiger partial charge >= 0.3 is 0 Å². The molecule has 4 aromatic rings. The molecule has 1 saturated carbocycles. The van der Waals surface area contributed by atoms with Crippen LogP contribution in [0.3, 0.4) is 0 Å². The number of fused-ring (bicyclic) bond motifs is 3. The van der Waals surface area contributed by atoms with Gasteiger partial charge in [0.05, 0.1) is 12.1 Å². The maximum Gasteiger partial charge on any atom is 0.271 e. The topological polar surface area (TPSA) is 160 Å². The Hall–Kier alpha value is -4.84. The summed E-state index contributed by atoms with van der Waals surface area (Å²) in [6, 6.07) is 13.1. The highest BCUT2D eigenvalue weighted by Crippen LogP contribution is 2.41. The van der Waals surface area contributed by atoms with Gasteiger partial charge in [-0.15, -0.1) is 0 Å². The molecule has 48 heavy (non-hydrogen) atoms. The zero-order chi connectivity index (χ0) is 32.8. The molecule has 0 bridgehead atoms. The molecular formula is C36H40N8O4. The molecule has 5 heterocycles. The highest BCUT2D eigenvalue weighted by atomic mass is 16.5. The van der Waals surface area contributed by atoms with Crippen LogP contribution in [0.2, 0.25) is 0 Å². The molecule has 1 aliphatic carbocycles. The summed E-state index contributed by atoms with van der Waals surface area (Å²) in [7, 11) is 0. The van der Waals surface area contributed by atoms with Gasteiger partial charge in [0, 0.05) is 55.3 Å². The summed E-state index contributed by atoms with van der Waals surface area (Å²) < 4.78 is 5.85. The summed E-state index contributed by atoms with van der Waals surface area (Å²) >= 11 is 0. The Morgan fingerprint density at radius 3 is 2.50 bits per heavy atom. The Kier molecular flexibility index (Phi) is 8.03. The van der Waals surface area contributed by atoms with Gasteiger partial charge in [-0.25, -0.2) is 9.97 Å². The summed E-state index contributed by atoms with van der Waals surface area (Å²) in [6.07, 6.45) is 10.3. The molecule has 1 unspecified atom stereocenters. The number of carbonyl (C=O) groups is 3. The second-order valence-corrected chi connectivity index (χ2v) is 13.6. The molecule has 0 radical (unpaired) electrons. The van der Waals surface area contributed by atoms with Gasteiger partial charge in [-0.05, 0) is 86.6 Å². The van der Waals surface area contributed by atoms with Crippen molar-refractivity contribution in [2.75, 3.05) is 23.3 Å². The van der Waals surface area contributed by atoms with E-state index in [0.29, 0.717) is 36.3 Å². The van der Waals surface area contributed by atoms with Gasteiger partial charge in [-0.2, -0.15) is 0 Å². The van der Waals surface area contributed by atoms with Crippen LogP contribution in [0.5, 0.6) is 0 Å². The molecule has 2 aromatic heterocycles. The molecule has 2 aromatic carbocycles. The van der Waals surface area contributed by atoms with E-state index in [1.807, 2.05) is 18.2 Å². The molecule has 3 fully saturated rings. The largest absolute Gasteiger partial charge is 0.364 e. The molecule has 3 amide bonds. The van der Waals surface area contributed by atoms with Gasteiger partial charge in [0.25, 0.3) is 5.91 Å². The van der Waals surface area contributed by atoms with Crippen LogP contribution in [-0.4, -0.2) is 56.9 Å². The number of primary amides is 1. The van der Waals surface area contributed by atoms with Crippen molar-refractivity contribution in [1.29, 1.82) is 0 Å². The molecule has 1 atom stereocenters. The Bertz CT molecular complexity index is 1870. The van der Waals surface area contributed by atoms with Crippen LogP contribution in [-0.2, 0) is 22.7 Å². The van der Waals surface area contributed by atoms with E-state index in [4.69, 9.17) is 15.2 Å². The number of rotatable bonds is 7. The molecule has 0 spiro atoms. The number of carbonyl (C=O) groups excluding carboxylic acids is 3. The first-order valence-corrected chi connectivity index (χ1v) is 17.2. The minimum absolute atomic E-state index is 0.140. The molecule has 2 saturated heterocycles. The molecule has 4 N–H and O–H groups in total. The third-order valence-corrected chi connectivity index (χ3v) is 10.7. The van der Waals surface area contributed by atoms with Gasteiger partial charge in [0.15, 0.2) is 17.1 Å². The van der Waals surface area contributed by atoms with E-state index in [1.165, 1.54) is 17.5 Å². The SMILES string of the molecule is NC(=O)c1ncc(N2CCCCC2)nc1Nc1ccc([C@H]2CC[C@H](N3Cc4ccc5c(C6CCC(=O)NC6=O)noc5c4C3)CC2)cc1. The Balaban J connectivity index is 0.900. The summed E-state index contributed by atoms with van der Waals surface area (Å²) in [5, 5.41) is 10.9. The zero-order valence-electron chi connectivity index (χ0n) is 26.9. The molecule has 248 valence electrons. The number of piperidine rings is 2. The lowest BCUT2D eigenvalue weighted by molar-refractivity contribution is -0.134. The van der Waals surface area contributed by atoms with Crippen molar-refractivity contribution >= 4 is 46.0 Å². The Labute approximate surface area is 278 Å². The number of amides is 3. The van der Waals surface area contributed by atoms with Crippen molar-refractivity contribution in [1.82, 2.24) is 25.3 Å². The van der Waals surface area contributed by atoms with E-state index < -0.39 is 11.8 Å². The lowest BCUT2D eigenvalue weighted by Gasteiger charge is -2.34. The number of anilines is 3. The number of imide groups is 1. The fraction of sp³-hybridized carbons (Fsp3) is 0.444. The maximum absolute atomic E-state index is 12.5. The van der Waals surface area contributed by atoms with Crippen molar-refractivity contribution in [2.45, 2.75) is 88.8 Å². The molecule has 3 aliphatic heterocycles. The minimum Gasteiger partial charge on any atom is -0.364 e. The third-order valence-electron chi connectivity index (χ3n) is 10.7. The Morgan fingerprint density at radius 2 is 1.75 bits per heavy atom. The van der Waals surface area contributed by atoms with Gasteiger partial charge in [-0.3, -0.25) is 24.6 Å². The summed E-state index contributed by atoms with van der Waals surface area (Å²) in [5.41, 5.74) is 11.7. The normalized spacial score (nSPS) is 23.2. The van der Waals surface area contributed by atoms with Crippen molar-refractivity contribution < 1.29 is 18.9 Å². The fourth-order valence-corrected chi connectivity index (χ4v) is 8.05. The predicted molar refractivity (Wildman–Crippen MR) is 180 cm³/mol. The van der Waals surface area contributed by atoms with Gasteiger partial charge in [-0.1, -0.05) is 23.4 Å². The monoisotopic (exact) mass is 648 g/mol. The van der Waals surface area contributed by atoms with Crippen molar-refractivity contribution in [3.05, 3.63) is 70.7 Å². The second-order valence-electron chi connectivity index (χ2n) is 13.6. The number of nitrogens with two attached hydrogens (primary N) is 1. The first-order valence-electron chi connectivity index (χ1n) is 17.2. The first kappa shape index (κ1) is 30.5. The highest BCUT2D eigenvalue weighted by Gasteiger charge is 2.35. The van der Waals surface area contributed by atoms with E-state index in [1.54, 1.807) is 6.20 Å². The molecule has 12 nitrogen and oxygen atoms in total. The number of nitrogens with zero attached hydrogens (tertiary/aromatic N) is 5. The van der Waals surface area contributed by atoms with E-state index in [0.717, 1.165) is 92.7 Å². The molecule has 8 rings (SSSR count). The van der Waals surface area contributed by atoms with E-state index in [9.17, 15) is 14.4 Å². The maximum atomic E-state index is 12.5. The van der Waals surface area contributed by atoms with Crippen LogP contribution in [0, 0.1) is 0 Å². The van der Waals surface area contributed by atoms with Crippen LogP contribution in [0.15, 0.2) is 47.1 Å². The van der Waals surface area contributed by atoms with Crippen molar-refractivity contribution in [2.24, 2.45) is 5.73 Å². The van der Waals surface area contributed by atoms with Crippen LogP contribution in [0.1, 0.15) is 102 Å². The van der Waals surface area contributed by atoms with E-state index in [-0.39, 0.29) is 17.5 Å². The van der Waals surface area contributed by atoms with Crippen molar-refractivity contribution in [3.63, 3.8) is 0 Å². The van der Waals surface area contributed by atoms with Crippen LogP contribution >= 0.6 is 0 Å². The second kappa shape index (κ2) is 12.6. The number of nitrogens with one attached hydrogen (secondary N) is 2. The van der Waals surface area contributed by atoms with Crippen LogP contribution in [0.25, 0.3) is 11.0 Å². The van der Waals surface area contributed by atoms with Crippen LogP contribution < -0.4 is 21.3 Å². The number of hydrogen-bond acceptors (Lipinski definition) is 10. The smallest absolute Gasteiger partial charge is 0.271 e. The van der Waals surface area contributed by atoms with E-state index in [2.05, 4.69) is 48.8 Å². The fourth-order valence-electron chi connectivity index (χ4n) is 8.05. The molecule has 4 aliphatic rings. The number of hydrogen-bond donors (Lipinski definition) is 3. The van der Waals surface area contributed by atoms with E-state index >= 15 is 0 Å². The zero-order valence-corrected chi connectivity index (χ0v) is 26.9. The average molecular weight is 649 g/mol. The van der Waals surface area contributed by atoms with Gasteiger partial charge in [0.2, 0.25) is 11.8 Å². The Morgan fingerprint density at radius 1 is 0.958 bits per heavy atom. The predicted octanol–water partition coefficient (Wildman–Crippen LogP) is 5.01. The standard InChI is InChI=1S/C36H40N8O4/c37-34(46)32-35(40-29(18-38-32)43-16-2-1-3-17-43)39-24-9-4-21(5-10-24)22-6-11-25(12-7-22)44-19-23-8-13-26-31(42-48-33(26)28(23)20-44)27-14-15-30(45)41-36(27)47/h4-5,8-10,13,18,22,25,27H,1-3,6-7,11-12,14-17,19-20H2,(H2,37,46)(H,39,40)(H,41,45,47)/t22-,25-,27?. The lowest BCUT2D eigenvalue weighted by Crippen LogP contribution is -2.39. The lowest BCUT2D eigenvalue weighted by atomic mass is 9.81. The molecular weight excluding hydrogens is 608 g/mol. The summed E-state index contributed by atoms with van der Waals surface area (Å²) in [6.45, 7) is 3.56. The van der Waals surface area contributed by atoms with Gasteiger partial charge < -0.3 is 20.5 Å². The van der Waals surface area contributed by atoms with Crippen LogP contribution in [0.4, 0.5) is 17.3 Å². The van der Waals surface area contributed by atoms with Crippen molar-refractivity contribution in [3.8, 4) is 0 Å². The van der Waals surface area contributed by atoms with Gasteiger partial charge in [0.1, 0.15) is 11.5 Å².